The van der Waals surface area contributed by atoms with Crippen LogP contribution in [0.5, 0.6) is 5.88 Å². The molecule has 0 saturated carbocycles. The highest BCUT2D eigenvalue weighted by Crippen LogP contribution is 2.24. The zero-order chi connectivity index (χ0) is 14.2. The molecule has 1 aromatic carbocycles. The maximum absolute atomic E-state index is 5.95. The zero-order valence-electron chi connectivity index (χ0n) is 11.7. The van der Waals surface area contributed by atoms with E-state index < -0.39 is 0 Å². The third-order valence-electron chi connectivity index (χ3n) is 2.91. The van der Waals surface area contributed by atoms with Crippen molar-refractivity contribution < 1.29 is 4.74 Å². The van der Waals surface area contributed by atoms with Crippen LogP contribution in [0, 0.1) is 0 Å². The zero-order valence-corrected chi connectivity index (χ0v) is 11.7. The normalized spacial score (nSPS) is 10.2. The minimum Gasteiger partial charge on any atom is -0.476 e. The van der Waals surface area contributed by atoms with Crippen LogP contribution in [-0.2, 0) is 6.42 Å². The van der Waals surface area contributed by atoms with Gasteiger partial charge in [0.05, 0.1) is 6.61 Å². The third kappa shape index (κ3) is 3.85. The second kappa shape index (κ2) is 7.33. The first-order chi connectivity index (χ1) is 9.81. The van der Waals surface area contributed by atoms with E-state index in [-0.39, 0.29) is 0 Å². The summed E-state index contributed by atoms with van der Waals surface area (Å²) in [6.45, 7) is 3.24. The topological polar surface area (TPSA) is 73.1 Å². The monoisotopic (exact) mass is 272 g/mol. The first kappa shape index (κ1) is 14.1. The molecule has 20 heavy (non-hydrogen) atoms. The molecule has 0 aliphatic carbocycles. The van der Waals surface area contributed by atoms with Gasteiger partial charge in [0.2, 0.25) is 5.88 Å². The Morgan fingerprint density at radius 2 is 2.00 bits per heavy atom. The molecule has 106 valence electrons. The largest absolute Gasteiger partial charge is 0.476 e. The summed E-state index contributed by atoms with van der Waals surface area (Å²) in [7, 11) is 0. The van der Waals surface area contributed by atoms with Crippen molar-refractivity contribution in [2.75, 3.05) is 24.2 Å². The molecule has 0 unspecified atom stereocenters. The number of aryl methyl sites for hydroxylation is 1. The van der Waals surface area contributed by atoms with Crippen LogP contribution in [0.1, 0.15) is 18.9 Å². The lowest BCUT2D eigenvalue weighted by atomic mass is 10.1. The predicted octanol–water partition coefficient (Wildman–Crippen LogP) is 2.50. The van der Waals surface area contributed by atoms with Crippen LogP contribution >= 0.6 is 0 Å². The van der Waals surface area contributed by atoms with Crippen LogP contribution in [0.2, 0.25) is 0 Å². The molecule has 0 fully saturated rings. The molecule has 5 heteroatoms. The molecule has 0 spiro atoms. The van der Waals surface area contributed by atoms with Gasteiger partial charge in [-0.2, -0.15) is 4.98 Å². The summed E-state index contributed by atoms with van der Waals surface area (Å²) in [4.78, 5) is 8.14. The van der Waals surface area contributed by atoms with E-state index >= 15 is 0 Å². The average Bonchev–Trinajstić information content (AvgIpc) is 2.48. The Kier molecular flexibility index (Phi) is 5.17. The number of nitrogens with zero attached hydrogens (tertiary/aromatic N) is 2. The van der Waals surface area contributed by atoms with Crippen LogP contribution in [0.4, 0.5) is 11.5 Å². The number of rotatable bonds is 7. The number of hydrogen-bond acceptors (Lipinski definition) is 5. The van der Waals surface area contributed by atoms with Gasteiger partial charge in [0.25, 0.3) is 0 Å². The van der Waals surface area contributed by atoms with E-state index in [1.807, 2.05) is 13.0 Å². The second-order valence-corrected chi connectivity index (χ2v) is 4.39. The second-order valence-electron chi connectivity index (χ2n) is 4.39. The van der Waals surface area contributed by atoms with Crippen molar-refractivity contribution in [3.05, 3.63) is 42.2 Å². The quantitative estimate of drug-likeness (QED) is 0.758. The molecule has 1 heterocycles. The number of aromatic nitrogens is 2. The van der Waals surface area contributed by atoms with Crippen LogP contribution in [0.15, 0.2) is 36.7 Å². The molecular formula is C15H20N4O. The van der Waals surface area contributed by atoms with Gasteiger partial charge in [-0.05, 0) is 25.3 Å². The summed E-state index contributed by atoms with van der Waals surface area (Å²) in [6.07, 6.45) is 3.50. The molecule has 0 saturated heterocycles. The van der Waals surface area contributed by atoms with E-state index in [0.717, 1.165) is 19.4 Å². The number of anilines is 2. The van der Waals surface area contributed by atoms with E-state index in [1.54, 1.807) is 0 Å². The molecule has 0 atom stereocenters. The Bertz CT molecular complexity index is 531. The van der Waals surface area contributed by atoms with Crippen molar-refractivity contribution in [3.63, 3.8) is 0 Å². The molecule has 0 radical (unpaired) electrons. The van der Waals surface area contributed by atoms with Crippen LogP contribution in [0.3, 0.4) is 0 Å². The van der Waals surface area contributed by atoms with Gasteiger partial charge in [0, 0.05) is 6.54 Å². The van der Waals surface area contributed by atoms with Crippen molar-refractivity contribution in [2.45, 2.75) is 19.8 Å². The fraction of sp³-hybridized carbons (Fsp3) is 0.333. The SMILES string of the molecule is CCOc1ncnc(NCCCc2ccccc2)c1N. The van der Waals surface area contributed by atoms with Gasteiger partial charge >= 0.3 is 0 Å². The molecule has 0 aliphatic rings. The summed E-state index contributed by atoms with van der Waals surface area (Å²) in [5, 5.41) is 3.23. The summed E-state index contributed by atoms with van der Waals surface area (Å²) in [5.41, 5.74) is 7.75. The Balaban J connectivity index is 1.83. The number of hydrogen-bond donors (Lipinski definition) is 2. The number of ether oxygens (including phenoxy) is 1. The van der Waals surface area contributed by atoms with Gasteiger partial charge in [0.15, 0.2) is 5.82 Å². The minimum atomic E-state index is 0.438. The Hall–Kier alpha value is -2.30. The molecule has 0 aliphatic heterocycles. The van der Waals surface area contributed by atoms with Crippen LogP contribution in [-0.4, -0.2) is 23.1 Å². The van der Waals surface area contributed by atoms with Crippen molar-refractivity contribution in [3.8, 4) is 5.88 Å². The molecule has 2 aromatic rings. The van der Waals surface area contributed by atoms with E-state index in [2.05, 4.69) is 39.6 Å². The number of benzene rings is 1. The Morgan fingerprint density at radius 1 is 1.20 bits per heavy atom. The third-order valence-corrected chi connectivity index (χ3v) is 2.91. The van der Waals surface area contributed by atoms with E-state index in [9.17, 15) is 0 Å². The Morgan fingerprint density at radius 3 is 2.75 bits per heavy atom. The van der Waals surface area contributed by atoms with E-state index in [0.29, 0.717) is 24.0 Å². The molecule has 5 nitrogen and oxygen atoms in total. The van der Waals surface area contributed by atoms with Gasteiger partial charge < -0.3 is 15.8 Å². The summed E-state index contributed by atoms with van der Waals surface area (Å²) >= 11 is 0. The fourth-order valence-electron chi connectivity index (χ4n) is 1.92. The maximum Gasteiger partial charge on any atom is 0.242 e. The van der Waals surface area contributed by atoms with Crippen LogP contribution in [0.25, 0.3) is 0 Å². The van der Waals surface area contributed by atoms with E-state index in [1.165, 1.54) is 11.9 Å². The summed E-state index contributed by atoms with van der Waals surface area (Å²) in [6, 6.07) is 10.4. The predicted molar refractivity (Wildman–Crippen MR) is 80.9 cm³/mol. The number of nitrogens with two attached hydrogens (primary N) is 1. The van der Waals surface area contributed by atoms with Crippen molar-refractivity contribution >= 4 is 11.5 Å². The lowest BCUT2D eigenvalue weighted by Crippen LogP contribution is -2.09. The van der Waals surface area contributed by atoms with Crippen LogP contribution < -0.4 is 15.8 Å². The van der Waals surface area contributed by atoms with Gasteiger partial charge in [-0.3, -0.25) is 0 Å². The lowest BCUT2D eigenvalue weighted by molar-refractivity contribution is 0.328. The van der Waals surface area contributed by atoms with E-state index in [4.69, 9.17) is 10.5 Å². The molecule has 1 aromatic heterocycles. The molecular weight excluding hydrogens is 252 g/mol. The maximum atomic E-state index is 5.95. The fourth-order valence-corrected chi connectivity index (χ4v) is 1.92. The van der Waals surface area contributed by atoms with Crippen molar-refractivity contribution in [1.82, 2.24) is 9.97 Å². The minimum absolute atomic E-state index is 0.438. The number of nitrogen functional groups attached to an aromatic ring is 1. The van der Waals surface area contributed by atoms with Gasteiger partial charge in [-0.15, -0.1) is 0 Å². The lowest BCUT2D eigenvalue weighted by Gasteiger charge is -2.10. The number of nitrogens with one attached hydrogen (secondary N) is 1. The van der Waals surface area contributed by atoms with Gasteiger partial charge in [0.1, 0.15) is 12.0 Å². The Labute approximate surface area is 119 Å². The van der Waals surface area contributed by atoms with Gasteiger partial charge in [-0.1, -0.05) is 30.3 Å². The first-order valence-electron chi connectivity index (χ1n) is 6.82. The summed E-state index contributed by atoms with van der Waals surface area (Å²) in [5.74, 6) is 1.07. The highest BCUT2D eigenvalue weighted by molar-refractivity contribution is 5.66. The molecule has 0 bridgehead atoms. The average molecular weight is 272 g/mol. The van der Waals surface area contributed by atoms with Crippen molar-refractivity contribution in [1.29, 1.82) is 0 Å². The highest BCUT2D eigenvalue weighted by Gasteiger charge is 2.07. The van der Waals surface area contributed by atoms with Gasteiger partial charge in [-0.25, -0.2) is 4.98 Å². The highest BCUT2D eigenvalue weighted by atomic mass is 16.5. The molecule has 2 rings (SSSR count). The molecule has 0 amide bonds. The smallest absolute Gasteiger partial charge is 0.242 e. The standard InChI is InChI=1S/C15H20N4O/c1-2-20-15-13(16)14(18-11-19-15)17-10-6-9-12-7-4-3-5-8-12/h3-5,7-8,11H,2,6,9-10,16H2,1H3,(H,17,18,19). The molecule has 3 N–H and O–H groups in total. The van der Waals surface area contributed by atoms with Crippen molar-refractivity contribution in [2.24, 2.45) is 0 Å². The summed E-state index contributed by atoms with van der Waals surface area (Å²) < 4.78 is 5.34. The first-order valence-corrected chi connectivity index (χ1v) is 6.82.